The van der Waals surface area contributed by atoms with Gasteiger partial charge >= 0.3 is 5.97 Å². The molecule has 0 bridgehead atoms. The quantitative estimate of drug-likeness (QED) is 0.424. The van der Waals surface area contributed by atoms with Gasteiger partial charge in [-0.2, -0.15) is 0 Å². The molecule has 4 nitrogen and oxygen atoms in total. The second-order valence-corrected chi connectivity index (χ2v) is 5.78. The number of rotatable bonds is 6. The van der Waals surface area contributed by atoms with Crippen LogP contribution in [0.5, 0.6) is 0 Å². The van der Waals surface area contributed by atoms with Crippen LogP contribution in [0.4, 0.5) is 0 Å². The Labute approximate surface area is 134 Å². The van der Waals surface area contributed by atoms with E-state index in [1.165, 1.54) is 0 Å². The molecule has 0 radical (unpaired) electrons. The van der Waals surface area contributed by atoms with Crippen LogP contribution in [0.1, 0.15) is 29.6 Å². The van der Waals surface area contributed by atoms with Gasteiger partial charge in [0.15, 0.2) is 0 Å². The van der Waals surface area contributed by atoms with E-state index in [-0.39, 0.29) is 12.3 Å². The lowest BCUT2D eigenvalue weighted by molar-refractivity contribution is -0.137. The monoisotopic (exact) mass is 415 g/mol. The molecular formula is C12H12Cl2INO3. The van der Waals surface area contributed by atoms with Gasteiger partial charge < -0.3 is 10.4 Å². The van der Waals surface area contributed by atoms with Gasteiger partial charge in [0.05, 0.1) is 10.6 Å². The zero-order chi connectivity index (χ0) is 14.4. The average Bonchev–Trinajstić information content (AvgIpc) is 2.32. The topological polar surface area (TPSA) is 66.4 Å². The molecule has 0 aliphatic carbocycles. The Morgan fingerprint density at radius 1 is 1.26 bits per heavy atom. The number of hydrogen-bond donors (Lipinski definition) is 2. The zero-order valence-electron chi connectivity index (χ0n) is 9.88. The Morgan fingerprint density at radius 3 is 2.58 bits per heavy atom. The summed E-state index contributed by atoms with van der Waals surface area (Å²) in [5, 5.41) is 12.0. The maximum atomic E-state index is 11.9. The van der Waals surface area contributed by atoms with E-state index in [1.54, 1.807) is 12.1 Å². The summed E-state index contributed by atoms with van der Waals surface area (Å²) in [7, 11) is 0. The Balaban J connectivity index is 2.52. The number of carbonyl (C=O) groups excluding carboxylic acids is 1. The summed E-state index contributed by atoms with van der Waals surface area (Å²) in [5.74, 6) is -1.09. The standard InChI is InChI=1S/C12H12Cl2INO3/c13-7-5-8(11(15)9(14)6-7)12(19)16-4-2-1-3-10(17)18/h5-6H,1-4H2,(H,16,19)(H,17,18). The first-order valence-electron chi connectivity index (χ1n) is 5.56. The molecule has 0 heterocycles. The van der Waals surface area contributed by atoms with Crippen LogP contribution in [0.15, 0.2) is 12.1 Å². The van der Waals surface area contributed by atoms with Gasteiger partial charge in [-0.1, -0.05) is 23.2 Å². The van der Waals surface area contributed by atoms with Crippen LogP contribution in [0, 0.1) is 3.57 Å². The van der Waals surface area contributed by atoms with Crippen LogP contribution in [-0.4, -0.2) is 23.5 Å². The number of aliphatic carboxylic acids is 1. The highest BCUT2D eigenvalue weighted by atomic mass is 127. The normalized spacial score (nSPS) is 10.3. The Bertz CT molecular complexity index is 494. The second kappa shape index (κ2) is 7.91. The van der Waals surface area contributed by atoms with E-state index in [0.29, 0.717) is 38.6 Å². The predicted octanol–water partition coefficient (Wildman–Crippen LogP) is 3.58. The molecule has 1 amide bonds. The summed E-state index contributed by atoms with van der Waals surface area (Å²) in [4.78, 5) is 22.2. The van der Waals surface area contributed by atoms with E-state index in [1.807, 2.05) is 22.6 Å². The molecule has 1 rings (SSSR count). The number of carbonyl (C=O) groups is 2. The lowest BCUT2D eigenvalue weighted by Crippen LogP contribution is -2.25. The van der Waals surface area contributed by atoms with E-state index in [9.17, 15) is 9.59 Å². The Hall–Kier alpha value is -0.530. The van der Waals surface area contributed by atoms with Gasteiger partial charge in [-0.3, -0.25) is 9.59 Å². The predicted molar refractivity (Wildman–Crippen MR) is 83.0 cm³/mol. The molecule has 104 valence electrons. The van der Waals surface area contributed by atoms with Gasteiger partial charge in [0.25, 0.3) is 5.91 Å². The minimum absolute atomic E-state index is 0.108. The van der Waals surface area contributed by atoms with E-state index in [2.05, 4.69) is 5.32 Å². The molecule has 0 saturated carbocycles. The highest BCUT2D eigenvalue weighted by Crippen LogP contribution is 2.26. The summed E-state index contributed by atoms with van der Waals surface area (Å²) in [6.07, 6.45) is 1.25. The molecule has 2 N–H and O–H groups in total. The molecule has 0 fully saturated rings. The molecule has 0 spiro atoms. The lowest BCUT2D eigenvalue weighted by Gasteiger charge is -2.08. The highest BCUT2D eigenvalue weighted by Gasteiger charge is 2.13. The summed E-state index contributed by atoms with van der Waals surface area (Å²) >= 11 is 13.8. The molecule has 19 heavy (non-hydrogen) atoms. The average molecular weight is 416 g/mol. The van der Waals surface area contributed by atoms with Crippen molar-refractivity contribution in [1.82, 2.24) is 5.32 Å². The lowest BCUT2D eigenvalue weighted by atomic mass is 10.2. The summed E-state index contributed by atoms with van der Waals surface area (Å²) in [6, 6.07) is 3.14. The third kappa shape index (κ3) is 5.54. The summed E-state index contributed by atoms with van der Waals surface area (Å²) in [6.45, 7) is 0.423. The number of unbranched alkanes of at least 4 members (excludes halogenated alkanes) is 1. The number of carboxylic acids is 1. The maximum Gasteiger partial charge on any atom is 0.303 e. The van der Waals surface area contributed by atoms with Crippen molar-refractivity contribution < 1.29 is 14.7 Å². The molecular weight excluding hydrogens is 404 g/mol. The molecule has 0 aliphatic heterocycles. The Morgan fingerprint density at radius 2 is 1.95 bits per heavy atom. The molecule has 0 saturated heterocycles. The number of carboxylic acid groups (broad SMARTS) is 1. The van der Waals surface area contributed by atoms with Crippen molar-refractivity contribution in [1.29, 1.82) is 0 Å². The van der Waals surface area contributed by atoms with Gasteiger partial charge in [-0.15, -0.1) is 0 Å². The summed E-state index contributed by atoms with van der Waals surface area (Å²) in [5.41, 5.74) is 0.427. The van der Waals surface area contributed by atoms with Crippen molar-refractivity contribution in [3.05, 3.63) is 31.3 Å². The third-order valence-electron chi connectivity index (χ3n) is 2.34. The third-order valence-corrected chi connectivity index (χ3v) is 4.34. The van der Waals surface area contributed by atoms with Gasteiger partial charge in [0.2, 0.25) is 0 Å². The zero-order valence-corrected chi connectivity index (χ0v) is 13.6. The molecule has 7 heteroatoms. The van der Waals surface area contributed by atoms with Crippen LogP contribution in [0.2, 0.25) is 10.0 Å². The van der Waals surface area contributed by atoms with Gasteiger partial charge in [-0.25, -0.2) is 0 Å². The van der Waals surface area contributed by atoms with E-state index in [4.69, 9.17) is 28.3 Å². The van der Waals surface area contributed by atoms with Crippen LogP contribution in [0.3, 0.4) is 0 Å². The second-order valence-electron chi connectivity index (χ2n) is 3.86. The van der Waals surface area contributed by atoms with Crippen molar-refractivity contribution in [2.45, 2.75) is 19.3 Å². The van der Waals surface area contributed by atoms with Crippen molar-refractivity contribution in [3.8, 4) is 0 Å². The fourth-order valence-corrected chi connectivity index (χ4v) is 2.47. The van der Waals surface area contributed by atoms with Crippen molar-refractivity contribution in [2.24, 2.45) is 0 Å². The van der Waals surface area contributed by atoms with Crippen LogP contribution >= 0.6 is 45.8 Å². The highest BCUT2D eigenvalue weighted by molar-refractivity contribution is 14.1. The van der Waals surface area contributed by atoms with Gasteiger partial charge in [0.1, 0.15) is 0 Å². The fourth-order valence-electron chi connectivity index (χ4n) is 1.42. The summed E-state index contributed by atoms with van der Waals surface area (Å²) < 4.78 is 0.645. The fraction of sp³-hybridized carbons (Fsp3) is 0.333. The molecule has 0 aromatic heterocycles. The van der Waals surface area contributed by atoms with Gasteiger partial charge in [-0.05, 0) is 47.6 Å². The minimum atomic E-state index is -0.831. The minimum Gasteiger partial charge on any atom is -0.481 e. The molecule has 1 aromatic rings. The van der Waals surface area contributed by atoms with Crippen LogP contribution in [0.25, 0.3) is 0 Å². The number of amides is 1. The van der Waals surface area contributed by atoms with E-state index in [0.717, 1.165) is 0 Å². The van der Waals surface area contributed by atoms with Gasteiger partial charge in [0, 0.05) is 21.6 Å². The van der Waals surface area contributed by atoms with E-state index < -0.39 is 5.97 Å². The largest absolute Gasteiger partial charge is 0.481 e. The number of halogens is 3. The number of benzene rings is 1. The number of nitrogens with one attached hydrogen (secondary N) is 1. The first-order chi connectivity index (χ1) is 8.91. The SMILES string of the molecule is O=C(O)CCCCNC(=O)c1cc(Cl)cc(Cl)c1I. The Kier molecular flexibility index (Phi) is 6.88. The molecule has 0 atom stereocenters. The van der Waals surface area contributed by atoms with E-state index >= 15 is 0 Å². The van der Waals surface area contributed by atoms with Crippen molar-refractivity contribution in [2.75, 3.05) is 6.54 Å². The smallest absolute Gasteiger partial charge is 0.303 e. The molecule has 0 aliphatic rings. The van der Waals surface area contributed by atoms with Crippen LogP contribution < -0.4 is 5.32 Å². The molecule has 1 aromatic carbocycles. The maximum absolute atomic E-state index is 11.9. The first kappa shape index (κ1) is 16.5. The van der Waals surface area contributed by atoms with Crippen LogP contribution in [-0.2, 0) is 4.79 Å². The molecule has 0 unspecified atom stereocenters. The number of hydrogen-bond acceptors (Lipinski definition) is 2. The van der Waals surface area contributed by atoms with Crippen molar-refractivity contribution >= 4 is 57.7 Å². The van der Waals surface area contributed by atoms with Crippen molar-refractivity contribution in [3.63, 3.8) is 0 Å². The first-order valence-corrected chi connectivity index (χ1v) is 7.40.